The summed E-state index contributed by atoms with van der Waals surface area (Å²) < 4.78 is 34.0. The number of ether oxygens (including phenoxy) is 1. The molecular formula is C26H37ClN4O4S2. The molecule has 1 amide bonds. The monoisotopic (exact) mass is 568 g/mol. The zero-order valence-electron chi connectivity index (χ0n) is 22.1. The fourth-order valence-corrected chi connectivity index (χ4v) is 6.37. The summed E-state index contributed by atoms with van der Waals surface area (Å²) in [5, 5.41) is 0.590. The fourth-order valence-electron chi connectivity index (χ4n) is 3.88. The Hall–Kier alpha value is -2.24. The lowest BCUT2D eigenvalue weighted by Crippen LogP contribution is -2.34. The number of halogens is 1. The second-order valence-corrected chi connectivity index (χ2v) is 11.7. The maximum Gasteiger partial charge on any atom is 0.260 e. The number of hydrogen-bond acceptors (Lipinski definition) is 7. The summed E-state index contributed by atoms with van der Waals surface area (Å²) in [5.74, 6) is 0.447. The Morgan fingerprint density at radius 3 is 2.30 bits per heavy atom. The fraction of sp³-hybridized carbons (Fsp3) is 0.462. The smallest absolute Gasteiger partial charge is 0.260 e. The third-order valence-electron chi connectivity index (χ3n) is 5.91. The van der Waals surface area contributed by atoms with E-state index in [1.807, 2.05) is 46.1 Å². The Bertz CT molecular complexity index is 1260. The van der Waals surface area contributed by atoms with Gasteiger partial charge in [-0.25, -0.2) is 13.4 Å². The second kappa shape index (κ2) is 14.1. The van der Waals surface area contributed by atoms with E-state index in [1.54, 1.807) is 24.1 Å². The number of nitrogens with zero attached hydrogens (tertiary/aromatic N) is 4. The molecule has 0 unspecified atom stereocenters. The molecule has 37 heavy (non-hydrogen) atoms. The molecule has 3 rings (SSSR count). The van der Waals surface area contributed by atoms with Gasteiger partial charge in [0, 0.05) is 25.2 Å². The second-order valence-electron chi connectivity index (χ2n) is 8.79. The number of methoxy groups -OCH3 is 1. The number of anilines is 1. The van der Waals surface area contributed by atoms with Crippen molar-refractivity contribution < 1.29 is 17.9 Å². The number of sulfonamides is 1. The van der Waals surface area contributed by atoms with Crippen LogP contribution in [0.3, 0.4) is 0 Å². The van der Waals surface area contributed by atoms with E-state index in [1.165, 1.54) is 27.8 Å². The maximum atomic E-state index is 13.6. The first-order valence-electron chi connectivity index (χ1n) is 12.2. The molecule has 3 aromatic rings. The quantitative estimate of drug-likeness (QED) is 0.284. The number of unbranched alkanes of at least 4 members (excludes halogenated alkanes) is 1. The van der Waals surface area contributed by atoms with Crippen molar-refractivity contribution in [3.05, 3.63) is 48.0 Å². The van der Waals surface area contributed by atoms with Gasteiger partial charge in [0.2, 0.25) is 10.0 Å². The molecule has 1 aromatic heterocycles. The molecule has 2 aromatic carbocycles. The van der Waals surface area contributed by atoms with Crippen molar-refractivity contribution in [2.45, 2.75) is 38.0 Å². The number of carbonyl (C=O) groups is 1. The van der Waals surface area contributed by atoms with E-state index < -0.39 is 10.0 Å². The number of fused-ring (bicyclic) bond motifs is 1. The molecule has 1 heterocycles. The average molecular weight is 569 g/mol. The largest absolute Gasteiger partial charge is 0.494 e. The molecule has 204 valence electrons. The Morgan fingerprint density at radius 1 is 1.00 bits per heavy atom. The molecular weight excluding hydrogens is 532 g/mol. The van der Waals surface area contributed by atoms with Gasteiger partial charge in [-0.3, -0.25) is 9.69 Å². The molecule has 0 N–H and O–H groups in total. The lowest BCUT2D eigenvalue weighted by molar-refractivity contribution is 0.0986. The summed E-state index contributed by atoms with van der Waals surface area (Å²) in [6.07, 6.45) is 2.49. The summed E-state index contributed by atoms with van der Waals surface area (Å²) in [4.78, 5) is 22.3. The highest BCUT2D eigenvalue weighted by molar-refractivity contribution is 7.89. The first-order chi connectivity index (χ1) is 17.2. The van der Waals surface area contributed by atoms with E-state index in [0.717, 1.165) is 36.0 Å². The van der Waals surface area contributed by atoms with Gasteiger partial charge in [-0.05, 0) is 69.9 Å². The normalized spacial score (nSPS) is 11.6. The highest BCUT2D eigenvalue weighted by Crippen LogP contribution is 2.34. The van der Waals surface area contributed by atoms with E-state index >= 15 is 0 Å². The minimum Gasteiger partial charge on any atom is -0.494 e. The van der Waals surface area contributed by atoms with Crippen molar-refractivity contribution in [1.82, 2.24) is 14.2 Å². The van der Waals surface area contributed by atoms with Crippen molar-refractivity contribution in [3.8, 4) is 5.75 Å². The molecule has 8 nitrogen and oxygen atoms in total. The van der Waals surface area contributed by atoms with Crippen LogP contribution in [-0.4, -0.2) is 75.9 Å². The van der Waals surface area contributed by atoms with Crippen LogP contribution in [0.4, 0.5) is 5.13 Å². The van der Waals surface area contributed by atoms with Gasteiger partial charge in [0.15, 0.2) is 5.13 Å². The molecule has 0 bridgehead atoms. The summed E-state index contributed by atoms with van der Waals surface area (Å²) in [6, 6.07) is 11.9. The number of benzene rings is 2. The molecule has 0 spiro atoms. The zero-order valence-corrected chi connectivity index (χ0v) is 24.6. The Balaban J connectivity index is 0.00000481. The number of hydrogen-bond donors (Lipinski definition) is 0. The Morgan fingerprint density at radius 2 is 1.70 bits per heavy atom. The number of carbonyl (C=O) groups excluding carboxylic acids is 1. The average Bonchev–Trinajstić information content (AvgIpc) is 3.30. The SMILES string of the molecule is CCCCN(CC)S(=O)(=O)c1ccc(C(=O)N(CCCN(C)C)c2nc3c(OC)cccc3s2)cc1.Cl. The minimum atomic E-state index is -3.61. The van der Waals surface area contributed by atoms with Crippen LogP contribution in [0, 0.1) is 0 Å². The van der Waals surface area contributed by atoms with Gasteiger partial charge in [0.25, 0.3) is 5.91 Å². The highest BCUT2D eigenvalue weighted by atomic mass is 35.5. The maximum absolute atomic E-state index is 13.6. The van der Waals surface area contributed by atoms with Gasteiger partial charge in [-0.1, -0.05) is 37.7 Å². The van der Waals surface area contributed by atoms with Gasteiger partial charge < -0.3 is 9.64 Å². The van der Waals surface area contributed by atoms with E-state index in [2.05, 4.69) is 4.90 Å². The lowest BCUT2D eigenvalue weighted by atomic mass is 10.2. The van der Waals surface area contributed by atoms with E-state index in [4.69, 9.17) is 9.72 Å². The number of aromatic nitrogens is 1. The molecule has 0 atom stereocenters. The first-order valence-corrected chi connectivity index (χ1v) is 14.5. The molecule has 0 aliphatic rings. The minimum absolute atomic E-state index is 0. The number of amides is 1. The predicted molar refractivity (Wildman–Crippen MR) is 154 cm³/mol. The molecule has 0 saturated carbocycles. The van der Waals surface area contributed by atoms with Gasteiger partial charge >= 0.3 is 0 Å². The molecule has 11 heteroatoms. The van der Waals surface area contributed by atoms with E-state index in [-0.39, 0.29) is 23.2 Å². The summed E-state index contributed by atoms with van der Waals surface area (Å²) in [5.41, 5.74) is 1.14. The van der Waals surface area contributed by atoms with Crippen LogP contribution in [0.5, 0.6) is 5.75 Å². The topological polar surface area (TPSA) is 83.1 Å². The third kappa shape index (κ3) is 7.42. The third-order valence-corrected chi connectivity index (χ3v) is 8.94. The van der Waals surface area contributed by atoms with Crippen LogP contribution in [-0.2, 0) is 10.0 Å². The lowest BCUT2D eigenvalue weighted by Gasteiger charge is -2.22. The Labute approximate surface area is 230 Å². The van der Waals surface area contributed by atoms with Crippen molar-refractivity contribution >= 4 is 55.0 Å². The number of thiazole rings is 1. The van der Waals surface area contributed by atoms with Crippen molar-refractivity contribution in [2.75, 3.05) is 52.3 Å². The highest BCUT2D eigenvalue weighted by Gasteiger charge is 2.25. The van der Waals surface area contributed by atoms with Crippen molar-refractivity contribution in [2.24, 2.45) is 0 Å². The van der Waals surface area contributed by atoms with Crippen molar-refractivity contribution in [1.29, 1.82) is 0 Å². The zero-order chi connectivity index (χ0) is 26.3. The standard InChI is InChI=1S/C26H36N4O4S2.ClH/c1-6-8-18-29(7-2)36(32,33)21-15-13-20(14-16-21)25(31)30(19-10-17-28(3)4)26-27-24-22(34-5)11-9-12-23(24)35-26;/h9,11-16H,6-8,10,17-19H2,1-5H3;1H. The van der Waals surface area contributed by atoms with Gasteiger partial charge in [-0.15, -0.1) is 12.4 Å². The van der Waals surface area contributed by atoms with Gasteiger partial charge in [-0.2, -0.15) is 4.31 Å². The summed E-state index contributed by atoms with van der Waals surface area (Å²) in [7, 11) is 1.98. The molecule has 0 aliphatic carbocycles. The molecule has 0 fully saturated rings. The number of para-hydroxylation sites is 1. The van der Waals surface area contributed by atoms with Gasteiger partial charge in [0.1, 0.15) is 11.3 Å². The Kier molecular flexibility index (Phi) is 11.8. The molecule has 0 aliphatic heterocycles. The van der Waals surface area contributed by atoms with Crippen LogP contribution in [0.2, 0.25) is 0 Å². The number of rotatable bonds is 13. The van der Waals surface area contributed by atoms with Crippen LogP contribution < -0.4 is 9.64 Å². The van der Waals surface area contributed by atoms with E-state index in [9.17, 15) is 13.2 Å². The van der Waals surface area contributed by atoms with Crippen LogP contribution >= 0.6 is 23.7 Å². The predicted octanol–water partition coefficient (Wildman–Crippen LogP) is 5.14. The molecule has 0 radical (unpaired) electrons. The van der Waals surface area contributed by atoms with Crippen LogP contribution in [0.15, 0.2) is 47.4 Å². The van der Waals surface area contributed by atoms with Crippen molar-refractivity contribution in [3.63, 3.8) is 0 Å². The molecule has 0 saturated heterocycles. The van der Waals surface area contributed by atoms with Crippen LogP contribution in [0.1, 0.15) is 43.5 Å². The first kappa shape index (κ1) is 31.0. The summed E-state index contributed by atoms with van der Waals surface area (Å²) in [6.45, 7) is 6.07. The summed E-state index contributed by atoms with van der Waals surface area (Å²) >= 11 is 1.44. The van der Waals surface area contributed by atoms with E-state index in [0.29, 0.717) is 36.1 Å². The van der Waals surface area contributed by atoms with Crippen LogP contribution in [0.25, 0.3) is 10.2 Å². The van der Waals surface area contributed by atoms with Gasteiger partial charge in [0.05, 0.1) is 16.7 Å².